The van der Waals surface area contributed by atoms with Crippen molar-refractivity contribution in [2.24, 2.45) is 0 Å². The number of hydrogen-bond acceptors (Lipinski definition) is 2. The summed E-state index contributed by atoms with van der Waals surface area (Å²) in [4.78, 5) is 2.36. The highest BCUT2D eigenvalue weighted by Gasteiger charge is 2.21. The van der Waals surface area contributed by atoms with Crippen LogP contribution in [-0.2, 0) is 0 Å². The zero-order valence-electron chi connectivity index (χ0n) is 29.6. The van der Waals surface area contributed by atoms with Crippen LogP contribution in [0.4, 0.5) is 17.1 Å². The van der Waals surface area contributed by atoms with E-state index < -0.39 is 0 Å². The van der Waals surface area contributed by atoms with Crippen molar-refractivity contribution in [2.75, 3.05) is 4.90 Å². The molecule has 2 nitrogen and oxygen atoms in total. The molecule has 0 aliphatic carbocycles. The van der Waals surface area contributed by atoms with Gasteiger partial charge < -0.3 is 9.32 Å². The smallest absolute Gasteiger partial charge is 0.159 e. The van der Waals surface area contributed by atoms with Crippen LogP contribution >= 0.6 is 0 Å². The highest BCUT2D eigenvalue weighted by Crippen LogP contribution is 2.45. The fourth-order valence-corrected chi connectivity index (χ4v) is 7.88. The van der Waals surface area contributed by atoms with Gasteiger partial charge in [-0.05, 0) is 97.7 Å². The van der Waals surface area contributed by atoms with E-state index in [4.69, 9.17) is 4.42 Å². The second kappa shape index (κ2) is 13.4. The summed E-state index contributed by atoms with van der Waals surface area (Å²) in [5.41, 5.74) is 14.3. The predicted octanol–water partition coefficient (Wildman–Crippen LogP) is 14.9. The molecule has 254 valence electrons. The van der Waals surface area contributed by atoms with Gasteiger partial charge in [-0.25, -0.2) is 0 Å². The number of benzene rings is 9. The van der Waals surface area contributed by atoms with Crippen molar-refractivity contribution in [1.82, 2.24) is 0 Å². The number of anilines is 3. The van der Waals surface area contributed by atoms with Crippen LogP contribution in [0, 0.1) is 0 Å². The van der Waals surface area contributed by atoms with Crippen LogP contribution in [0.5, 0.6) is 0 Å². The van der Waals surface area contributed by atoms with Crippen molar-refractivity contribution in [1.29, 1.82) is 0 Å². The fourth-order valence-electron chi connectivity index (χ4n) is 7.88. The molecule has 2 heteroatoms. The van der Waals surface area contributed by atoms with E-state index in [-0.39, 0.29) is 0 Å². The number of rotatable bonds is 7. The maximum atomic E-state index is 6.70. The van der Waals surface area contributed by atoms with Crippen molar-refractivity contribution < 1.29 is 4.42 Å². The summed E-state index contributed by atoms with van der Waals surface area (Å²) in [6.45, 7) is 0. The number of hydrogen-bond donors (Lipinski definition) is 0. The molecule has 0 aliphatic rings. The molecule has 0 N–H and O–H groups in total. The number of nitrogens with zero attached hydrogens (tertiary/aromatic N) is 1. The van der Waals surface area contributed by atoms with Crippen LogP contribution in [0.3, 0.4) is 0 Å². The molecule has 0 radical (unpaired) electrons. The lowest BCUT2D eigenvalue weighted by molar-refractivity contribution is 0.669. The van der Waals surface area contributed by atoms with E-state index in [9.17, 15) is 0 Å². The lowest BCUT2D eigenvalue weighted by Gasteiger charge is -2.27. The molecule has 0 amide bonds. The summed E-state index contributed by atoms with van der Waals surface area (Å²) in [5.74, 6) is 0. The molecule has 9 aromatic carbocycles. The summed E-state index contributed by atoms with van der Waals surface area (Å²) in [6.07, 6.45) is 0. The summed E-state index contributed by atoms with van der Waals surface area (Å²) in [6, 6.07) is 75.9. The van der Waals surface area contributed by atoms with E-state index in [2.05, 4.69) is 211 Å². The molecule has 0 bridgehead atoms. The molecule has 10 aromatic rings. The Kier molecular flexibility index (Phi) is 7.85. The summed E-state index contributed by atoms with van der Waals surface area (Å²) in [5, 5.41) is 4.64. The molecule has 0 saturated heterocycles. The first-order valence-electron chi connectivity index (χ1n) is 18.4. The zero-order valence-corrected chi connectivity index (χ0v) is 29.6. The van der Waals surface area contributed by atoms with E-state index in [1.165, 1.54) is 49.7 Å². The Morgan fingerprint density at radius 3 is 1.74 bits per heavy atom. The van der Waals surface area contributed by atoms with Gasteiger partial charge in [0.1, 0.15) is 5.58 Å². The largest absolute Gasteiger partial charge is 0.454 e. The molecule has 1 heterocycles. The Labute approximate surface area is 314 Å². The Bertz CT molecular complexity index is 2930. The van der Waals surface area contributed by atoms with Gasteiger partial charge in [-0.3, -0.25) is 0 Å². The van der Waals surface area contributed by atoms with Gasteiger partial charge in [0.25, 0.3) is 0 Å². The molecule has 54 heavy (non-hydrogen) atoms. The Hall–Kier alpha value is -7.16. The molecular formula is C52H35NO. The molecular weight excluding hydrogens is 655 g/mol. The highest BCUT2D eigenvalue weighted by molar-refractivity contribution is 6.10. The first-order chi connectivity index (χ1) is 26.8. The van der Waals surface area contributed by atoms with Gasteiger partial charge in [0.15, 0.2) is 5.58 Å². The van der Waals surface area contributed by atoms with Gasteiger partial charge in [-0.1, -0.05) is 170 Å². The first-order valence-corrected chi connectivity index (χ1v) is 18.4. The summed E-state index contributed by atoms with van der Waals surface area (Å²) < 4.78 is 6.70. The third-order valence-corrected chi connectivity index (χ3v) is 10.5. The molecule has 0 atom stereocenters. The Morgan fingerprint density at radius 2 is 0.944 bits per heavy atom. The van der Waals surface area contributed by atoms with Gasteiger partial charge in [-0.2, -0.15) is 0 Å². The summed E-state index contributed by atoms with van der Waals surface area (Å²) >= 11 is 0. The van der Waals surface area contributed by atoms with Crippen molar-refractivity contribution in [2.45, 2.75) is 0 Å². The van der Waals surface area contributed by atoms with E-state index in [0.29, 0.717) is 0 Å². The fraction of sp³-hybridized carbons (Fsp3) is 0. The van der Waals surface area contributed by atoms with E-state index >= 15 is 0 Å². The molecule has 0 fully saturated rings. The average Bonchev–Trinajstić information content (AvgIpc) is 3.64. The van der Waals surface area contributed by atoms with Crippen molar-refractivity contribution in [3.05, 3.63) is 212 Å². The molecule has 0 spiro atoms. The molecule has 0 saturated carbocycles. The van der Waals surface area contributed by atoms with E-state index in [1.54, 1.807) is 0 Å². The normalized spacial score (nSPS) is 11.3. The van der Waals surface area contributed by atoms with Gasteiger partial charge in [-0.15, -0.1) is 0 Å². The monoisotopic (exact) mass is 689 g/mol. The Morgan fingerprint density at radius 1 is 0.315 bits per heavy atom. The van der Waals surface area contributed by atoms with Gasteiger partial charge in [0, 0.05) is 22.1 Å². The minimum Gasteiger partial charge on any atom is -0.454 e. The van der Waals surface area contributed by atoms with Crippen molar-refractivity contribution in [3.8, 4) is 44.5 Å². The van der Waals surface area contributed by atoms with Crippen LogP contribution < -0.4 is 4.90 Å². The third-order valence-electron chi connectivity index (χ3n) is 10.5. The van der Waals surface area contributed by atoms with E-state index in [1.807, 2.05) is 6.07 Å². The SMILES string of the molecule is c1ccc(-c2ccc3cccc(-c4cccc(N(c5ccc(-c6ccccc6)c(-c6ccccc6)c5)c5cccc6c5oc5ccccc56)c4)c3c2)cc1. The van der Waals surface area contributed by atoms with Crippen molar-refractivity contribution >= 4 is 49.8 Å². The maximum absolute atomic E-state index is 6.70. The highest BCUT2D eigenvalue weighted by atomic mass is 16.3. The number of fused-ring (bicyclic) bond motifs is 4. The number of furan rings is 1. The minimum atomic E-state index is 0.857. The predicted molar refractivity (Wildman–Crippen MR) is 228 cm³/mol. The second-order valence-corrected chi connectivity index (χ2v) is 13.7. The summed E-state index contributed by atoms with van der Waals surface area (Å²) in [7, 11) is 0. The van der Waals surface area contributed by atoms with Crippen molar-refractivity contribution in [3.63, 3.8) is 0 Å². The second-order valence-electron chi connectivity index (χ2n) is 13.7. The Balaban J connectivity index is 1.20. The lowest BCUT2D eigenvalue weighted by Crippen LogP contribution is -2.10. The standard InChI is InChI=1S/C52H35NO/c1-4-15-36(16-5-1)40-30-29-39-21-13-25-44(48(39)34-40)41-22-12-23-42(33-41)53(50-27-14-26-47-46-24-10-11-28-51(46)54-52(47)50)43-31-32-45(37-17-6-2-7-18-37)49(35-43)38-19-8-3-9-20-38/h1-35H. The van der Waals surface area contributed by atoms with Gasteiger partial charge in [0.2, 0.25) is 0 Å². The minimum absolute atomic E-state index is 0.857. The molecule has 10 rings (SSSR count). The van der Waals surface area contributed by atoms with Gasteiger partial charge in [0.05, 0.1) is 5.69 Å². The number of para-hydroxylation sites is 2. The zero-order chi connectivity index (χ0) is 35.8. The average molecular weight is 690 g/mol. The molecule has 0 aliphatic heterocycles. The van der Waals surface area contributed by atoms with Crippen LogP contribution in [0.25, 0.3) is 77.2 Å². The third kappa shape index (κ3) is 5.62. The lowest BCUT2D eigenvalue weighted by atomic mass is 9.93. The first kappa shape index (κ1) is 31.6. The molecule has 1 aromatic heterocycles. The van der Waals surface area contributed by atoms with Gasteiger partial charge >= 0.3 is 0 Å². The quantitative estimate of drug-likeness (QED) is 0.166. The topological polar surface area (TPSA) is 16.4 Å². The van der Waals surface area contributed by atoms with Crippen LogP contribution in [0.1, 0.15) is 0 Å². The van der Waals surface area contributed by atoms with Crippen LogP contribution in [-0.4, -0.2) is 0 Å². The van der Waals surface area contributed by atoms with E-state index in [0.717, 1.165) is 44.6 Å². The molecule has 0 unspecified atom stereocenters. The van der Waals surface area contributed by atoms with Crippen LogP contribution in [0.2, 0.25) is 0 Å². The maximum Gasteiger partial charge on any atom is 0.159 e. The van der Waals surface area contributed by atoms with Crippen LogP contribution in [0.15, 0.2) is 217 Å².